The summed E-state index contributed by atoms with van der Waals surface area (Å²) in [6.07, 6.45) is 12.3. The largest absolute Gasteiger partial charge is 0.324 e. The Hall–Kier alpha value is -3.63. The smallest absolute Gasteiger partial charge is 0.229 e. The van der Waals surface area contributed by atoms with E-state index in [2.05, 4.69) is 43.2 Å². The van der Waals surface area contributed by atoms with Crippen molar-refractivity contribution in [2.45, 2.75) is 50.1 Å². The van der Waals surface area contributed by atoms with Crippen molar-refractivity contribution >= 4 is 43.8 Å². The summed E-state index contributed by atoms with van der Waals surface area (Å²) in [6.45, 7) is 0. The van der Waals surface area contributed by atoms with E-state index in [1.54, 1.807) is 35.3 Å². The lowest BCUT2D eigenvalue weighted by atomic mass is 9.96. The first-order valence-electron chi connectivity index (χ1n) is 13.4. The summed E-state index contributed by atoms with van der Waals surface area (Å²) in [4.78, 5) is 13.8. The molecule has 4 aromatic rings. The van der Waals surface area contributed by atoms with Gasteiger partial charge in [-0.2, -0.15) is 9.35 Å². The van der Waals surface area contributed by atoms with Gasteiger partial charge in [-0.05, 0) is 67.5 Å². The highest BCUT2D eigenvalue weighted by molar-refractivity contribution is 7.92. The van der Waals surface area contributed by atoms with Crippen LogP contribution in [0.5, 0.6) is 0 Å². The molecule has 8 nitrogen and oxygen atoms in total. The predicted octanol–water partition coefficient (Wildman–Crippen LogP) is 5.84. The third-order valence-corrected chi connectivity index (χ3v) is 8.19. The third-order valence-electron chi connectivity index (χ3n) is 7.57. The molecule has 10 heteroatoms. The fraction of sp³-hybridized carbons (Fsp3) is 0.345. The second-order valence-corrected chi connectivity index (χ2v) is 13.6. The molecule has 0 amide bonds. The molecular weight excluding hydrogens is 513 g/mol. The number of halogens is 1. The van der Waals surface area contributed by atoms with Gasteiger partial charge in [-0.15, -0.1) is 0 Å². The van der Waals surface area contributed by atoms with Gasteiger partial charge in [0.2, 0.25) is 5.95 Å². The van der Waals surface area contributed by atoms with Gasteiger partial charge in [0.25, 0.3) is 0 Å². The Morgan fingerprint density at radius 1 is 1.08 bits per heavy atom. The highest BCUT2D eigenvalue weighted by Gasteiger charge is 2.34. The third kappa shape index (κ3) is 4.83. The van der Waals surface area contributed by atoms with Crippen LogP contribution < -0.4 is 10.6 Å². The van der Waals surface area contributed by atoms with Crippen molar-refractivity contribution in [1.29, 1.82) is 0 Å². The number of nitrogens with one attached hydrogen (secondary N) is 2. The summed E-state index contributed by atoms with van der Waals surface area (Å²) >= 11 is 0. The lowest BCUT2D eigenvalue weighted by Crippen LogP contribution is -2.31. The van der Waals surface area contributed by atoms with E-state index >= 15 is 4.39 Å². The lowest BCUT2D eigenvalue weighted by Gasteiger charge is -2.21. The van der Waals surface area contributed by atoms with E-state index in [0.29, 0.717) is 46.4 Å². The summed E-state index contributed by atoms with van der Waals surface area (Å²) in [6, 6.07) is 14.7. The Labute approximate surface area is 227 Å². The van der Waals surface area contributed by atoms with Crippen LogP contribution in [0.3, 0.4) is 0 Å². The van der Waals surface area contributed by atoms with E-state index < -0.39 is 9.73 Å². The second kappa shape index (κ2) is 9.24. The number of pyridine rings is 1. The normalized spacial score (nSPS) is 20.7. The average Bonchev–Trinajstić information content (AvgIpc) is 3.63. The van der Waals surface area contributed by atoms with Crippen molar-refractivity contribution in [3.05, 3.63) is 71.8 Å². The van der Waals surface area contributed by atoms with Gasteiger partial charge in [0.05, 0.1) is 11.1 Å². The van der Waals surface area contributed by atoms with E-state index in [1.165, 1.54) is 30.2 Å². The number of hydrogen-bond acceptors (Lipinski definition) is 7. The summed E-state index contributed by atoms with van der Waals surface area (Å²) in [5.41, 5.74) is 4.49. The molecule has 200 valence electrons. The minimum Gasteiger partial charge on any atom is -0.324 e. The van der Waals surface area contributed by atoms with Crippen molar-refractivity contribution in [1.82, 2.24) is 24.8 Å². The number of nitrogens with zero attached hydrogens (tertiary/aromatic N) is 5. The van der Waals surface area contributed by atoms with Crippen LogP contribution in [-0.2, 0) is 9.73 Å². The molecule has 2 aliphatic heterocycles. The van der Waals surface area contributed by atoms with E-state index in [4.69, 9.17) is 4.98 Å². The van der Waals surface area contributed by atoms with Gasteiger partial charge in [0.15, 0.2) is 17.3 Å². The highest BCUT2D eigenvalue weighted by Crippen LogP contribution is 2.45. The van der Waals surface area contributed by atoms with Crippen molar-refractivity contribution < 1.29 is 8.60 Å². The van der Waals surface area contributed by atoms with E-state index in [9.17, 15) is 4.21 Å². The number of fused-ring (bicyclic) bond motifs is 3. The SMILES string of the molecule is CS(C)(=O)=Nc1cccc(-n2c(C3CC3)c(F)c3cnc(Nc4ccc(C5=CC6CCC(C5)N6)cc4)nc32)n1. The minimum atomic E-state index is -2.39. The maximum atomic E-state index is 15.6. The van der Waals surface area contributed by atoms with Crippen molar-refractivity contribution in [2.24, 2.45) is 4.36 Å². The lowest BCUT2D eigenvalue weighted by molar-refractivity contribution is 0.575. The van der Waals surface area contributed by atoms with Gasteiger partial charge in [0, 0.05) is 52.1 Å². The maximum Gasteiger partial charge on any atom is 0.229 e. The number of anilines is 2. The topological polar surface area (TPSA) is 97.1 Å². The van der Waals surface area contributed by atoms with Crippen LogP contribution in [0.15, 0.2) is 59.1 Å². The molecule has 0 radical (unpaired) electrons. The number of rotatable bonds is 6. The molecule has 3 aromatic heterocycles. The molecule has 1 aromatic carbocycles. The Balaban J connectivity index is 1.24. The first-order valence-corrected chi connectivity index (χ1v) is 15.7. The summed E-state index contributed by atoms with van der Waals surface area (Å²) < 4.78 is 33.9. The quantitative estimate of drug-likeness (QED) is 0.317. The molecule has 2 fully saturated rings. The maximum absolute atomic E-state index is 15.6. The van der Waals surface area contributed by atoms with Gasteiger partial charge < -0.3 is 10.6 Å². The van der Waals surface area contributed by atoms with Crippen LogP contribution in [0.2, 0.25) is 0 Å². The average molecular weight is 544 g/mol. The fourth-order valence-electron chi connectivity index (χ4n) is 5.70. The number of hydrogen-bond donors (Lipinski definition) is 2. The molecule has 0 spiro atoms. The first kappa shape index (κ1) is 24.4. The van der Waals surface area contributed by atoms with Gasteiger partial charge in [-0.1, -0.05) is 24.3 Å². The molecule has 3 aliphatic rings. The van der Waals surface area contributed by atoms with Crippen LogP contribution in [0.1, 0.15) is 49.3 Å². The molecule has 2 atom stereocenters. The molecule has 1 saturated carbocycles. The molecule has 1 aliphatic carbocycles. The van der Waals surface area contributed by atoms with E-state index in [-0.39, 0.29) is 11.7 Å². The van der Waals surface area contributed by atoms with E-state index in [1.807, 2.05) is 12.1 Å². The van der Waals surface area contributed by atoms with Crippen LogP contribution in [0.25, 0.3) is 22.4 Å². The molecule has 7 rings (SSSR count). The Morgan fingerprint density at radius 3 is 2.64 bits per heavy atom. The Kier molecular flexibility index (Phi) is 5.78. The van der Waals surface area contributed by atoms with Gasteiger partial charge >= 0.3 is 0 Å². The zero-order chi connectivity index (χ0) is 26.7. The van der Waals surface area contributed by atoms with Crippen molar-refractivity contribution in [2.75, 3.05) is 17.8 Å². The van der Waals surface area contributed by atoms with Gasteiger partial charge in [-0.25, -0.2) is 18.6 Å². The van der Waals surface area contributed by atoms with Crippen LogP contribution >= 0.6 is 0 Å². The summed E-state index contributed by atoms with van der Waals surface area (Å²) in [5.74, 6) is 1.00. The first-order chi connectivity index (χ1) is 18.8. The van der Waals surface area contributed by atoms with Crippen LogP contribution in [0, 0.1) is 5.82 Å². The molecular formula is C29H30FN7OS. The van der Waals surface area contributed by atoms with Crippen molar-refractivity contribution in [3.63, 3.8) is 0 Å². The summed E-state index contributed by atoms with van der Waals surface area (Å²) in [5, 5.41) is 7.27. The number of benzene rings is 1. The monoisotopic (exact) mass is 543 g/mol. The molecule has 39 heavy (non-hydrogen) atoms. The number of aromatic nitrogens is 4. The molecule has 5 heterocycles. The second-order valence-electron chi connectivity index (χ2n) is 11.0. The molecule has 2 bridgehead atoms. The van der Waals surface area contributed by atoms with Gasteiger partial charge in [-0.3, -0.25) is 4.57 Å². The van der Waals surface area contributed by atoms with Gasteiger partial charge in [0.1, 0.15) is 5.82 Å². The van der Waals surface area contributed by atoms with E-state index in [0.717, 1.165) is 24.9 Å². The van der Waals surface area contributed by atoms with Crippen molar-refractivity contribution in [3.8, 4) is 5.82 Å². The molecule has 2 unspecified atom stereocenters. The fourth-order valence-corrected chi connectivity index (χ4v) is 6.25. The Morgan fingerprint density at radius 2 is 1.90 bits per heavy atom. The molecule has 2 N–H and O–H groups in total. The Bertz CT molecular complexity index is 1740. The zero-order valence-electron chi connectivity index (χ0n) is 21.9. The van der Waals surface area contributed by atoms with Crippen LogP contribution in [0.4, 0.5) is 21.8 Å². The zero-order valence-corrected chi connectivity index (χ0v) is 22.7. The minimum absolute atomic E-state index is 0.103. The summed E-state index contributed by atoms with van der Waals surface area (Å²) in [7, 11) is -2.39. The molecule has 1 saturated heterocycles. The predicted molar refractivity (Wildman–Crippen MR) is 153 cm³/mol. The van der Waals surface area contributed by atoms with Crippen LogP contribution in [-0.4, -0.2) is 48.3 Å². The highest BCUT2D eigenvalue weighted by atomic mass is 32.2. The standard InChI is InChI=1S/C29H30FN7OS/c1-39(2,38)36-24-4-3-5-25(34-24)37-27(18-6-7-18)26(30)23-16-31-29(35-28(23)37)33-20-10-8-17(9-11-20)19-14-21-12-13-22(15-19)32-21/h3-5,8-11,14,16,18,21-22,32H,6-7,12-13,15H2,1-2H3,(H,31,33,35).